The molecule has 0 aliphatic heterocycles. The van der Waals surface area contributed by atoms with Gasteiger partial charge in [-0.3, -0.25) is 10.1 Å². The summed E-state index contributed by atoms with van der Waals surface area (Å²) in [5.74, 6) is 0.429. The number of methoxy groups -OCH3 is 1. The SMILES string of the molecule is COCCOc1ccc(C(=O)NC(=S)NCc2ccc(C)cc2)cc1. The number of carbonyl (C=O) groups excluding carboxylic acids is 1. The molecule has 0 saturated carbocycles. The van der Waals surface area contributed by atoms with Gasteiger partial charge in [0.1, 0.15) is 12.4 Å². The van der Waals surface area contributed by atoms with Crippen LogP contribution in [-0.2, 0) is 11.3 Å². The molecule has 0 atom stereocenters. The minimum atomic E-state index is -0.259. The Balaban J connectivity index is 1.80. The van der Waals surface area contributed by atoms with Gasteiger partial charge in [0.25, 0.3) is 5.91 Å². The maximum atomic E-state index is 12.2. The van der Waals surface area contributed by atoms with Crippen LogP contribution >= 0.6 is 12.2 Å². The third-order valence-electron chi connectivity index (χ3n) is 3.47. The Hall–Kier alpha value is -2.44. The standard InChI is InChI=1S/C19H22N2O3S/c1-14-3-5-15(6-4-14)13-20-19(25)21-18(22)16-7-9-17(10-8-16)24-12-11-23-2/h3-10H,11-13H2,1-2H3,(H2,20,21,22,25). The van der Waals surface area contributed by atoms with Crippen LogP contribution in [0.5, 0.6) is 5.75 Å². The molecular weight excluding hydrogens is 336 g/mol. The molecule has 2 N–H and O–H groups in total. The van der Waals surface area contributed by atoms with E-state index in [0.717, 1.165) is 5.56 Å². The summed E-state index contributed by atoms with van der Waals surface area (Å²) in [4.78, 5) is 12.2. The van der Waals surface area contributed by atoms with Crippen LogP contribution in [0.15, 0.2) is 48.5 Å². The van der Waals surface area contributed by atoms with E-state index in [-0.39, 0.29) is 5.91 Å². The van der Waals surface area contributed by atoms with E-state index in [9.17, 15) is 4.79 Å². The lowest BCUT2D eigenvalue weighted by Gasteiger charge is -2.10. The first-order chi connectivity index (χ1) is 12.1. The van der Waals surface area contributed by atoms with Gasteiger partial charge < -0.3 is 14.8 Å². The van der Waals surface area contributed by atoms with Gasteiger partial charge in [-0.05, 0) is 49.0 Å². The van der Waals surface area contributed by atoms with Crippen LogP contribution in [0.2, 0.25) is 0 Å². The zero-order valence-electron chi connectivity index (χ0n) is 14.4. The van der Waals surface area contributed by atoms with Crippen molar-refractivity contribution in [1.29, 1.82) is 0 Å². The zero-order chi connectivity index (χ0) is 18.1. The molecule has 2 aromatic rings. The number of nitrogens with one attached hydrogen (secondary N) is 2. The summed E-state index contributed by atoms with van der Waals surface area (Å²) < 4.78 is 10.4. The van der Waals surface area contributed by atoms with E-state index in [1.807, 2.05) is 31.2 Å². The molecule has 132 valence electrons. The summed E-state index contributed by atoms with van der Waals surface area (Å²) >= 11 is 5.17. The molecule has 0 aliphatic carbocycles. The van der Waals surface area contributed by atoms with Crippen molar-refractivity contribution in [1.82, 2.24) is 10.6 Å². The van der Waals surface area contributed by atoms with Gasteiger partial charge in [-0.25, -0.2) is 0 Å². The minimum absolute atomic E-state index is 0.259. The van der Waals surface area contributed by atoms with Gasteiger partial charge in [0.2, 0.25) is 0 Å². The van der Waals surface area contributed by atoms with Crippen LogP contribution in [0.1, 0.15) is 21.5 Å². The summed E-state index contributed by atoms with van der Waals surface area (Å²) in [6.07, 6.45) is 0. The van der Waals surface area contributed by atoms with E-state index in [4.69, 9.17) is 21.7 Å². The van der Waals surface area contributed by atoms with Gasteiger partial charge in [-0.15, -0.1) is 0 Å². The van der Waals surface area contributed by atoms with E-state index < -0.39 is 0 Å². The number of rotatable bonds is 7. The van der Waals surface area contributed by atoms with Crippen LogP contribution in [0.3, 0.4) is 0 Å². The van der Waals surface area contributed by atoms with E-state index in [2.05, 4.69) is 10.6 Å². The fraction of sp³-hybridized carbons (Fsp3) is 0.263. The zero-order valence-corrected chi connectivity index (χ0v) is 15.2. The smallest absolute Gasteiger partial charge is 0.257 e. The minimum Gasteiger partial charge on any atom is -0.491 e. The van der Waals surface area contributed by atoms with Gasteiger partial charge in [0.15, 0.2) is 5.11 Å². The van der Waals surface area contributed by atoms with Gasteiger partial charge in [0.05, 0.1) is 6.61 Å². The highest BCUT2D eigenvalue weighted by Gasteiger charge is 2.08. The Morgan fingerprint density at radius 3 is 2.36 bits per heavy atom. The van der Waals surface area contributed by atoms with Crippen molar-refractivity contribution in [3.8, 4) is 5.75 Å². The Kier molecular flexibility index (Phi) is 7.37. The quantitative estimate of drug-likeness (QED) is 0.589. The largest absolute Gasteiger partial charge is 0.491 e. The van der Waals surface area contributed by atoms with E-state index >= 15 is 0 Å². The fourth-order valence-corrected chi connectivity index (χ4v) is 2.22. The second-order valence-corrected chi connectivity index (χ2v) is 5.90. The molecule has 6 heteroatoms. The Morgan fingerprint density at radius 2 is 1.72 bits per heavy atom. The first kappa shape index (κ1) is 18.9. The maximum absolute atomic E-state index is 12.2. The second-order valence-electron chi connectivity index (χ2n) is 5.49. The summed E-state index contributed by atoms with van der Waals surface area (Å²) in [5, 5.41) is 5.99. The lowest BCUT2D eigenvalue weighted by Crippen LogP contribution is -2.38. The molecule has 5 nitrogen and oxygen atoms in total. The molecule has 0 radical (unpaired) electrons. The normalized spacial score (nSPS) is 10.2. The van der Waals surface area contributed by atoms with Crippen LogP contribution < -0.4 is 15.4 Å². The average Bonchev–Trinajstić information content (AvgIpc) is 2.62. The highest BCUT2D eigenvalue weighted by atomic mass is 32.1. The Bertz CT molecular complexity index is 700. The molecule has 0 heterocycles. The predicted molar refractivity (Wildman–Crippen MR) is 102 cm³/mol. The summed E-state index contributed by atoms with van der Waals surface area (Å²) in [6, 6.07) is 15.0. The van der Waals surface area contributed by atoms with Crippen LogP contribution in [0.25, 0.3) is 0 Å². The van der Waals surface area contributed by atoms with Crippen molar-refractivity contribution in [3.63, 3.8) is 0 Å². The summed E-state index contributed by atoms with van der Waals surface area (Å²) in [5.41, 5.74) is 2.81. The fourth-order valence-electron chi connectivity index (χ4n) is 2.05. The number of thiocarbonyl (C=S) groups is 1. The topological polar surface area (TPSA) is 59.6 Å². The molecule has 0 saturated heterocycles. The Labute approximate surface area is 153 Å². The number of hydrogen-bond acceptors (Lipinski definition) is 4. The van der Waals surface area contributed by atoms with Gasteiger partial charge in [-0.1, -0.05) is 29.8 Å². The van der Waals surface area contributed by atoms with E-state index in [1.54, 1.807) is 31.4 Å². The van der Waals surface area contributed by atoms with Crippen molar-refractivity contribution in [2.75, 3.05) is 20.3 Å². The van der Waals surface area contributed by atoms with E-state index in [1.165, 1.54) is 5.56 Å². The van der Waals surface area contributed by atoms with Gasteiger partial charge in [0, 0.05) is 19.2 Å². The van der Waals surface area contributed by atoms with Crippen LogP contribution in [0.4, 0.5) is 0 Å². The average molecular weight is 358 g/mol. The number of ether oxygens (including phenoxy) is 2. The van der Waals surface area contributed by atoms with Crippen molar-refractivity contribution in [2.24, 2.45) is 0 Å². The van der Waals surface area contributed by atoms with Crippen molar-refractivity contribution >= 4 is 23.2 Å². The number of aryl methyl sites for hydroxylation is 1. The molecule has 0 spiro atoms. The number of amides is 1. The Morgan fingerprint density at radius 1 is 1.04 bits per heavy atom. The predicted octanol–water partition coefficient (Wildman–Crippen LogP) is 2.82. The molecule has 2 aromatic carbocycles. The third kappa shape index (κ3) is 6.52. The lowest BCUT2D eigenvalue weighted by atomic mass is 10.1. The molecular formula is C19H22N2O3S. The molecule has 0 aliphatic rings. The van der Waals surface area contributed by atoms with Crippen molar-refractivity contribution in [2.45, 2.75) is 13.5 Å². The molecule has 1 amide bonds. The number of carbonyl (C=O) groups is 1. The second kappa shape index (κ2) is 9.76. The molecule has 0 unspecified atom stereocenters. The molecule has 0 aromatic heterocycles. The first-order valence-electron chi connectivity index (χ1n) is 7.95. The first-order valence-corrected chi connectivity index (χ1v) is 8.36. The summed E-state index contributed by atoms with van der Waals surface area (Å²) in [6.45, 7) is 3.58. The van der Waals surface area contributed by atoms with Crippen LogP contribution in [-0.4, -0.2) is 31.3 Å². The molecule has 0 bridgehead atoms. The highest BCUT2D eigenvalue weighted by molar-refractivity contribution is 7.80. The molecule has 0 fully saturated rings. The lowest BCUT2D eigenvalue weighted by molar-refractivity contribution is 0.0976. The van der Waals surface area contributed by atoms with Gasteiger partial charge in [-0.2, -0.15) is 0 Å². The molecule has 25 heavy (non-hydrogen) atoms. The monoisotopic (exact) mass is 358 g/mol. The van der Waals surface area contributed by atoms with E-state index in [0.29, 0.717) is 36.2 Å². The molecule has 2 rings (SSSR count). The third-order valence-corrected chi connectivity index (χ3v) is 3.72. The number of benzene rings is 2. The van der Waals surface area contributed by atoms with Gasteiger partial charge >= 0.3 is 0 Å². The van der Waals surface area contributed by atoms with Crippen molar-refractivity contribution < 1.29 is 14.3 Å². The maximum Gasteiger partial charge on any atom is 0.257 e. The van der Waals surface area contributed by atoms with Crippen LogP contribution in [0, 0.1) is 6.92 Å². The van der Waals surface area contributed by atoms with Crippen molar-refractivity contribution in [3.05, 3.63) is 65.2 Å². The summed E-state index contributed by atoms with van der Waals surface area (Å²) in [7, 11) is 1.62. The highest BCUT2D eigenvalue weighted by Crippen LogP contribution is 2.12. The number of hydrogen-bond donors (Lipinski definition) is 2.